The van der Waals surface area contributed by atoms with Crippen LogP contribution in [0, 0.1) is 23.0 Å². The van der Waals surface area contributed by atoms with E-state index in [0.717, 1.165) is 0 Å². The fourth-order valence-electron chi connectivity index (χ4n) is 2.65. The first kappa shape index (κ1) is 20.4. The number of hydrogen-bond acceptors (Lipinski definition) is 5. The van der Waals surface area contributed by atoms with Crippen molar-refractivity contribution in [3.05, 3.63) is 57.1 Å². The molecular formula is C19H19NO6S. The van der Waals surface area contributed by atoms with Gasteiger partial charge in [0.05, 0.1) is 20.9 Å². The molecule has 2 rings (SSSR count). The van der Waals surface area contributed by atoms with Gasteiger partial charge in [-0.1, -0.05) is 26.0 Å². The molecule has 0 atom stereocenters. The van der Waals surface area contributed by atoms with E-state index in [4.69, 9.17) is 0 Å². The molecule has 2 N–H and O–H groups in total. The van der Waals surface area contributed by atoms with E-state index >= 15 is 0 Å². The summed E-state index contributed by atoms with van der Waals surface area (Å²) in [6.45, 7) is 5.55. The third-order valence-corrected chi connectivity index (χ3v) is 5.36. The maximum atomic E-state index is 11.7. The van der Waals surface area contributed by atoms with Gasteiger partial charge in [-0.05, 0) is 36.1 Å². The van der Waals surface area contributed by atoms with Gasteiger partial charge in [0.25, 0.3) is 5.69 Å². The summed E-state index contributed by atoms with van der Waals surface area (Å²) in [5.74, 6) is -1.56. The smallest absolute Gasteiger partial charge is 0.336 e. The number of carboxylic acids is 2. The van der Waals surface area contributed by atoms with Crippen LogP contribution in [0.4, 0.5) is 5.69 Å². The van der Waals surface area contributed by atoms with Gasteiger partial charge < -0.3 is 10.2 Å². The monoisotopic (exact) mass is 389 g/mol. The van der Waals surface area contributed by atoms with Gasteiger partial charge in [0.15, 0.2) is 0 Å². The van der Waals surface area contributed by atoms with Gasteiger partial charge in [-0.2, -0.15) is 0 Å². The number of rotatable bonds is 7. The second-order valence-corrected chi connectivity index (χ2v) is 7.50. The van der Waals surface area contributed by atoms with Gasteiger partial charge in [-0.25, -0.2) is 9.59 Å². The van der Waals surface area contributed by atoms with Gasteiger partial charge >= 0.3 is 11.9 Å². The highest BCUT2D eigenvalue weighted by Crippen LogP contribution is 2.37. The highest BCUT2D eigenvalue weighted by Gasteiger charge is 2.24. The number of benzene rings is 2. The van der Waals surface area contributed by atoms with E-state index in [-0.39, 0.29) is 27.9 Å². The van der Waals surface area contributed by atoms with Crippen molar-refractivity contribution in [2.24, 2.45) is 5.92 Å². The molecule has 0 unspecified atom stereocenters. The Morgan fingerprint density at radius 3 is 2.33 bits per heavy atom. The van der Waals surface area contributed by atoms with Crippen molar-refractivity contribution in [2.45, 2.75) is 25.7 Å². The van der Waals surface area contributed by atoms with Crippen molar-refractivity contribution in [3.63, 3.8) is 0 Å². The molecule has 0 saturated carbocycles. The van der Waals surface area contributed by atoms with Crippen LogP contribution in [0.1, 0.15) is 40.1 Å². The lowest BCUT2D eigenvalue weighted by Crippen LogP contribution is -2.09. The molecule has 0 radical (unpaired) electrons. The summed E-state index contributed by atoms with van der Waals surface area (Å²) in [5.41, 5.74) is -0.0231. The van der Waals surface area contributed by atoms with Crippen LogP contribution in [0.15, 0.2) is 35.2 Å². The van der Waals surface area contributed by atoms with Crippen LogP contribution in [0.3, 0.4) is 0 Å². The fourth-order valence-corrected chi connectivity index (χ4v) is 3.61. The topological polar surface area (TPSA) is 118 Å². The quantitative estimate of drug-likeness (QED) is 0.400. The Balaban J connectivity index is 2.73. The zero-order valence-corrected chi connectivity index (χ0v) is 15.9. The highest BCUT2D eigenvalue weighted by molar-refractivity contribution is 7.99. The summed E-state index contributed by atoms with van der Waals surface area (Å²) < 4.78 is 0. The first-order valence-corrected chi connectivity index (χ1v) is 9.13. The Morgan fingerprint density at radius 2 is 1.81 bits per heavy atom. The van der Waals surface area contributed by atoms with E-state index in [2.05, 4.69) is 0 Å². The van der Waals surface area contributed by atoms with Crippen molar-refractivity contribution in [1.82, 2.24) is 0 Å². The number of aromatic carboxylic acids is 2. The predicted octanol–water partition coefficient (Wildman–Crippen LogP) is 4.71. The maximum absolute atomic E-state index is 11.7. The van der Waals surface area contributed by atoms with Gasteiger partial charge in [0.2, 0.25) is 0 Å². The van der Waals surface area contributed by atoms with Gasteiger partial charge in [0.1, 0.15) is 0 Å². The molecule has 0 aliphatic carbocycles. The molecule has 2 aromatic carbocycles. The number of nitro benzene ring substituents is 1. The number of nitro groups is 1. The molecule has 0 bridgehead atoms. The second kappa shape index (κ2) is 8.22. The third-order valence-electron chi connectivity index (χ3n) is 3.87. The normalized spacial score (nSPS) is 10.8. The van der Waals surface area contributed by atoms with E-state index in [1.807, 2.05) is 13.8 Å². The summed E-state index contributed by atoms with van der Waals surface area (Å²) in [4.78, 5) is 34.8. The largest absolute Gasteiger partial charge is 0.478 e. The van der Waals surface area contributed by atoms with Crippen LogP contribution in [0.2, 0.25) is 0 Å². The minimum Gasteiger partial charge on any atom is -0.478 e. The van der Waals surface area contributed by atoms with Crippen LogP contribution in [-0.4, -0.2) is 32.8 Å². The average Bonchev–Trinajstić information content (AvgIpc) is 2.58. The standard InChI is InChI=1S/C19H19NO6S/c1-10(2)9-27-15-7-5-12(8-14(15)20(25)26)17-13(18(21)22)6-4-11(3)16(17)19(23)24/h4-8,10H,9H2,1-3H3,(H,21,22)(H,23,24). The molecule has 27 heavy (non-hydrogen) atoms. The van der Waals surface area contributed by atoms with Crippen molar-refractivity contribution < 1.29 is 24.7 Å². The summed E-state index contributed by atoms with van der Waals surface area (Å²) in [5, 5.41) is 30.5. The van der Waals surface area contributed by atoms with E-state index in [1.54, 1.807) is 13.0 Å². The molecule has 8 heteroatoms. The average molecular weight is 389 g/mol. The predicted molar refractivity (Wildman–Crippen MR) is 103 cm³/mol. The van der Waals surface area contributed by atoms with Crippen LogP contribution in [0.5, 0.6) is 0 Å². The molecule has 2 aromatic rings. The van der Waals surface area contributed by atoms with Crippen molar-refractivity contribution in [2.75, 3.05) is 5.75 Å². The van der Waals surface area contributed by atoms with Crippen LogP contribution in [-0.2, 0) is 0 Å². The van der Waals surface area contributed by atoms with Crippen LogP contribution >= 0.6 is 11.8 Å². The van der Waals surface area contributed by atoms with E-state index < -0.39 is 16.9 Å². The summed E-state index contributed by atoms with van der Waals surface area (Å²) in [7, 11) is 0. The summed E-state index contributed by atoms with van der Waals surface area (Å²) in [6, 6.07) is 7.05. The van der Waals surface area contributed by atoms with E-state index in [1.165, 1.54) is 36.0 Å². The third kappa shape index (κ3) is 4.46. The number of thioether (sulfide) groups is 1. The summed E-state index contributed by atoms with van der Waals surface area (Å²) >= 11 is 1.34. The molecule has 7 nitrogen and oxygen atoms in total. The SMILES string of the molecule is Cc1ccc(C(=O)O)c(-c2ccc(SCC(C)C)c([N+](=O)[O-])c2)c1C(=O)O. The molecule has 0 aromatic heterocycles. The molecule has 0 amide bonds. The lowest BCUT2D eigenvalue weighted by Gasteiger charge is -2.14. The Morgan fingerprint density at radius 1 is 1.15 bits per heavy atom. The number of hydrogen-bond donors (Lipinski definition) is 2. The Labute approximate surface area is 160 Å². The van der Waals surface area contributed by atoms with Gasteiger partial charge in [-0.3, -0.25) is 10.1 Å². The Bertz CT molecular complexity index is 923. The van der Waals surface area contributed by atoms with Crippen molar-refractivity contribution in [3.8, 4) is 11.1 Å². The van der Waals surface area contributed by atoms with Crippen LogP contribution in [0.25, 0.3) is 11.1 Å². The van der Waals surface area contributed by atoms with Crippen LogP contribution < -0.4 is 0 Å². The number of carboxylic acid groups (broad SMARTS) is 2. The molecule has 0 aliphatic heterocycles. The Hall–Kier alpha value is -2.87. The highest BCUT2D eigenvalue weighted by atomic mass is 32.2. The number of aryl methyl sites for hydroxylation is 1. The molecular weight excluding hydrogens is 370 g/mol. The minimum absolute atomic E-state index is 0.0292. The Kier molecular flexibility index (Phi) is 6.22. The maximum Gasteiger partial charge on any atom is 0.336 e. The number of nitrogens with zero attached hydrogens (tertiary/aromatic N) is 1. The zero-order valence-electron chi connectivity index (χ0n) is 15.1. The first-order chi connectivity index (χ1) is 12.6. The molecule has 0 heterocycles. The summed E-state index contributed by atoms with van der Waals surface area (Å²) in [6.07, 6.45) is 0. The van der Waals surface area contributed by atoms with Crippen molar-refractivity contribution >= 4 is 29.4 Å². The molecule has 142 valence electrons. The zero-order chi connectivity index (χ0) is 20.3. The molecule has 0 spiro atoms. The first-order valence-electron chi connectivity index (χ1n) is 8.15. The minimum atomic E-state index is -1.30. The van der Waals surface area contributed by atoms with Crippen molar-refractivity contribution in [1.29, 1.82) is 0 Å². The lowest BCUT2D eigenvalue weighted by atomic mass is 9.91. The number of carbonyl (C=O) groups is 2. The van der Waals surface area contributed by atoms with Gasteiger partial charge in [0, 0.05) is 17.4 Å². The second-order valence-electron chi connectivity index (χ2n) is 6.43. The van der Waals surface area contributed by atoms with E-state index in [9.17, 15) is 29.9 Å². The molecule has 0 fully saturated rings. The molecule has 0 saturated heterocycles. The lowest BCUT2D eigenvalue weighted by molar-refractivity contribution is -0.387. The fraction of sp³-hybridized carbons (Fsp3) is 0.263. The molecule has 0 aliphatic rings. The van der Waals surface area contributed by atoms with E-state index in [0.29, 0.717) is 22.1 Å². The van der Waals surface area contributed by atoms with Gasteiger partial charge in [-0.15, -0.1) is 11.8 Å².